The van der Waals surface area contributed by atoms with Crippen molar-refractivity contribution >= 4 is 64.2 Å². The first-order valence-electron chi connectivity index (χ1n) is 12.3. The molecule has 3 nitrogen and oxygen atoms in total. The zero-order valence-electron chi connectivity index (χ0n) is 19.7. The van der Waals surface area contributed by atoms with Gasteiger partial charge in [-0.3, -0.25) is 4.98 Å². The molecule has 0 aliphatic rings. The first-order chi connectivity index (χ1) is 18.3. The summed E-state index contributed by atoms with van der Waals surface area (Å²) >= 11 is 1.84. The van der Waals surface area contributed by atoms with Crippen molar-refractivity contribution in [2.75, 3.05) is 0 Å². The minimum Gasteiger partial charge on any atom is -0.254 e. The Morgan fingerprint density at radius 1 is 0.486 bits per heavy atom. The molecule has 4 aromatic heterocycles. The number of hydrogen-bond donors (Lipinski definition) is 0. The van der Waals surface area contributed by atoms with Gasteiger partial charge in [0.15, 0.2) is 0 Å². The SMILES string of the molecule is c1cnc2c(c1)ccc1ccc(-c3ccc(-c4ccc5c(ccc6sc7ccccc7c65)n4)cc3)nc12. The number of pyridine rings is 3. The van der Waals surface area contributed by atoms with Crippen LogP contribution in [0.5, 0.6) is 0 Å². The van der Waals surface area contributed by atoms with Crippen LogP contribution in [0, 0.1) is 0 Å². The van der Waals surface area contributed by atoms with Crippen LogP contribution in [0.1, 0.15) is 0 Å². The Kier molecular flexibility index (Phi) is 4.39. The van der Waals surface area contributed by atoms with Gasteiger partial charge in [0.2, 0.25) is 0 Å². The van der Waals surface area contributed by atoms with E-state index in [1.165, 1.54) is 25.6 Å². The van der Waals surface area contributed by atoms with E-state index in [0.29, 0.717) is 0 Å². The molecule has 4 heterocycles. The molecule has 37 heavy (non-hydrogen) atoms. The molecule has 0 N–H and O–H groups in total. The Bertz CT molecular complexity index is 2140. The minimum absolute atomic E-state index is 0.933. The quantitative estimate of drug-likeness (QED) is 0.227. The lowest BCUT2D eigenvalue weighted by Gasteiger charge is -2.08. The van der Waals surface area contributed by atoms with E-state index in [1.54, 1.807) is 0 Å². The first-order valence-corrected chi connectivity index (χ1v) is 13.1. The van der Waals surface area contributed by atoms with Crippen LogP contribution in [0.2, 0.25) is 0 Å². The number of nitrogens with zero attached hydrogens (tertiary/aromatic N) is 3. The van der Waals surface area contributed by atoms with Crippen LogP contribution in [0.25, 0.3) is 75.4 Å². The number of thiophene rings is 1. The predicted octanol–water partition coefficient (Wildman–Crippen LogP) is 9.03. The molecular formula is C33H19N3S. The fraction of sp³-hybridized carbons (Fsp3) is 0. The highest BCUT2D eigenvalue weighted by Crippen LogP contribution is 2.38. The fourth-order valence-electron chi connectivity index (χ4n) is 5.28. The third-order valence-corrected chi connectivity index (χ3v) is 8.25. The summed E-state index contributed by atoms with van der Waals surface area (Å²) in [5.74, 6) is 0. The van der Waals surface area contributed by atoms with Crippen molar-refractivity contribution in [1.29, 1.82) is 0 Å². The zero-order chi connectivity index (χ0) is 24.3. The van der Waals surface area contributed by atoms with Gasteiger partial charge >= 0.3 is 0 Å². The summed E-state index contributed by atoms with van der Waals surface area (Å²) in [5.41, 5.74) is 6.97. The molecule has 0 fully saturated rings. The monoisotopic (exact) mass is 489 g/mol. The number of aromatic nitrogens is 3. The number of fused-ring (bicyclic) bond motifs is 8. The number of benzene rings is 4. The molecule has 4 heteroatoms. The lowest BCUT2D eigenvalue weighted by molar-refractivity contribution is 1.36. The maximum atomic E-state index is 5.04. The molecule has 0 unspecified atom stereocenters. The second-order valence-corrected chi connectivity index (χ2v) is 10.4. The summed E-state index contributed by atoms with van der Waals surface area (Å²) in [7, 11) is 0. The van der Waals surface area contributed by atoms with Gasteiger partial charge in [-0.25, -0.2) is 9.97 Å². The van der Waals surface area contributed by atoms with Crippen molar-refractivity contribution in [3.63, 3.8) is 0 Å². The summed E-state index contributed by atoms with van der Waals surface area (Å²) in [5, 5.41) is 6.01. The lowest BCUT2D eigenvalue weighted by Crippen LogP contribution is -1.89. The van der Waals surface area contributed by atoms with Crippen molar-refractivity contribution in [2.24, 2.45) is 0 Å². The highest BCUT2D eigenvalue weighted by molar-refractivity contribution is 7.26. The van der Waals surface area contributed by atoms with Gasteiger partial charge in [0.25, 0.3) is 0 Å². The fourth-order valence-corrected chi connectivity index (χ4v) is 6.41. The molecule has 0 aliphatic heterocycles. The van der Waals surface area contributed by atoms with Gasteiger partial charge in [-0.05, 0) is 42.5 Å². The second kappa shape index (κ2) is 7.92. The molecule has 0 atom stereocenters. The molecule has 0 saturated carbocycles. The first kappa shape index (κ1) is 20.5. The second-order valence-electron chi connectivity index (χ2n) is 9.29. The molecule has 172 valence electrons. The van der Waals surface area contributed by atoms with Crippen LogP contribution in [0.15, 0.2) is 115 Å². The highest BCUT2D eigenvalue weighted by atomic mass is 32.1. The molecule has 0 bridgehead atoms. The molecular weight excluding hydrogens is 470 g/mol. The molecule has 0 spiro atoms. The van der Waals surface area contributed by atoms with Gasteiger partial charge in [0, 0.05) is 53.7 Å². The Balaban J connectivity index is 1.20. The van der Waals surface area contributed by atoms with E-state index >= 15 is 0 Å². The van der Waals surface area contributed by atoms with Crippen LogP contribution < -0.4 is 0 Å². The van der Waals surface area contributed by atoms with Crippen molar-refractivity contribution < 1.29 is 0 Å². The van der Waals surface area contributed by atoms with E-state index in [1.807, 2.05) is 23.6 Å². The molecule has 0 aliphatic carbocycles. The van der Waals surface area contributed by atoms with Crippen molar-refractivity contribution in [2.45, 2.75) is 0 Å². The molecule has 8 aromatic rings. The normalized spacial score (nSPS) is 11.8. The van der Waals surface area contributed by atoms with E-state index < -0.39 is 0 Å². The Labute approximate surface area is 216 Å². The average molecular weight is 490 g/mol. The van der Waals surface area contributed by atoms with Crippen molar-refractivity contribution in [3.8, 4) is 22.5 Å². The lowest BCUT2D eigenvalue weighted by atomic mass is 10.0. The average Bonchev–Trinajstić information content (AvgIpc) is 3.36. The Hall–Kier alpha value is -4.67. The van der Waals surface area contributed by atoms with Gasteiger partial charge in [0.05, 0.1) is 27.9 Å². The Morgan fingerprint density at radius 3 is 2.08 bits per heavy atom. The maximum Gasteiger partial charge on any atom is 0.0972 e. The molecule has 8 rings (SSSR count). The predicted molar refractivity (Wildman–Crippen MR) is 156 cm³/mol. The summed E-state index contributed by atoms with van der Waals surface area (Å²) in [4.78, 5) is 14.6. The van der Waals surface area contributed by atoms with Crippen molar-refractivity contribution in [1.82, 2.24) is 15.0 Å². The van der Waals surface area contributed by atoms with E-state index in [-0.39, 0.29) is 0 Å². The van der Waals surface area contributed by atoms with E-state index in [9.17, 15) is 0 Å². The van der Waals surface area contributed by atoms with Crippen molar-refractivity contribution in [3.05, 3.63) is 115 Å². The number of rotatable bonds is 2. The largest absolute Gasteiger partial charge is 0.254 e. The number of hydrogen-bond acceptors (Lipinski definition) is 4. The van der Waals surface area contributed by atoms with E-state index in [0.717, 1.165) is 49.8 Å². The molecule has 0 radical (unpaired) electrons. The maximum absolute atomic E-state index is 5.04. The zero-order valence-corrected chi connectivity index (χ0v) is 20.5. The van der Waals surface area contributed by atoms with Crippen LogP contribution >= 0.6 is 11.3 Å². The van der Waals surface area contributed by atoms with Gasteiger partial charge in [-0.1, -0.05) is 66.7 Å². The summed E-state index contributed by atoms with van der Waals surface area (Å²) in [6, 6.07) is 38.3. The van der Waals surface area contributed by atoms with E-state index in [2.05, 4.69) is 108 Å². The summed E-state index contributed by atoms with van der Waals surface area (Å²) in [6.07, 6.45) is 1.83. The minimum atomic E-state index is 0.933. The molecule has 0 amide bonds. The smallest absolute Gasteiger partial charge is 0.0972 e. The van der Waals surface area contributed by atoms with Crippen LogP contribution in [-0.2, 0) is 0 Å². The van der Waals surface area contributed by atoms with Crippen LogP contribution in [0.4, 0.5) is 0 Å². The van der Waals surface area contributed by atoms with Gasteiger partial charge < -0.3 is 0 Å². The van der Waals surface area contributed by atoms with Crippen LogP contribution in [0.3, 0.4) is 0 Å². The van der Waals surface area contributed by atoms with Crippen LogP contribution in [-0.4, -0.2) is 15.0 Å². The Morgan fingerprint density at radius 2 is 1.22 bits per heavy atom. The standard InChI is InChI=1S/C33H19N3S/c1-2-6-29-25(5-1)31-24-14-16-26(35-28(24)17-18-30(31)37-29)20-7-9-21(10-8-20)27-15-13-23-12-11-22-4-3-19-34-32(22)33(23)36-27/h1-19H. The highest BCUT2D eigenvalue weighted by Gasteiger charge is 2.11. The van der Waals surface area contributed by atoms with Gasteiger partial charge in [-0.2, -0.15) is 0 Å². The van der Waals surface area contributed by atoms with Gasteiger partial charge in [0.1, 0.15) is 0 Å². The van der Waals surface area contributed by atoms with E-state index in [4.69, 9.17) is 9.97 Å². The topological polar surface area (TPSA) is 38.7 Å². The molecule has 0 saturated heterocycles. The molecule has 4 aromatic carbocycles. The third kappa shape index (κ3) is 3.23. The van der Waals surface area contributed by atoms with Gasteiger partial charge in [-0.15, -0.1) is 11.3 Å². The third-order valence-electron chi connectivity index (χ3n) is 7.12. The summed E-state index contributed by atoms with van der Waals surface area (Å²) in [6.45, 7) is 0. The summed E-state index contributed by atoms with van der Waals surface area (Å²) < 4.78 is 2.62.